The molecule has 0 saturated carbocycles. The number of rotatable bonds is 5. The lowest BCUT2D eigenvalue weighted by molar-refractivity contribution is -0.153. The molecule has 1 aromatic heterocycles. The van der Waals surface area contributed by atoms with Crippen molar-refractivity contribution in [3.63, 3.8) is 0 Å². The van der Waals surface area contributed by atoms with Crippen LogP contribution in [-0.2, 0) is 11.3 Å². The maximum Gasteiger partial charge on any atom is 0.422 e. The maximum atomic E-state index is 12.4. The van der Waals surface area contributed by atoms with E-state index in [2.05, 4.69) is 15.0 Å². The molecule has 0 unspecified atom stereocenters. The van der Waals surface area contributed by atoms with Gasteiger partial charge in [-0.3, -0.25) is 14.2 Å². The Balaban J connectivity index is 1.70. The van der Waals surface area contributed by atoms with E-state index in [9.17, 15) is 27.6 Å². The molecule has 3 aromatic rings. The first-order chi connectivity index (χ1) is 13.2. The summed E-state index contributed by atoms with van der Waals surface area (Å²) in [5.41, 5.74) is -0.696. The summed E-state index contributed by atoms with van der Waals surface area (Å²) in [5, 5.41) is 2.73. The van der Waals surface area contributed by atoms with Crippen molar-refractivity contribution >= 4 is 22.5 Å². The molecule has 1 heterocycles. The third kappa shape index (κ3) is 4.58. The number of nitrogens with one attached hydrogen (secondary N) is 2. The minimum Gasteiger partial charge on any atom is -0.484 e. The molecule has 2 N–H and O–H groups in total. The van der Waals surface area contributed by atoms with Gasteiger partial charge in [-0.05, 0) is 36.4 Å². The van der Waals surface area contributed by atoms with Gasteiger partial charge in [0.25, 0.3) is 5.56 Å². The molecule has 7 nitrogen and oxygen atoms in total. The lowest BCUT2D eigenvalue weighted by Gasteiger charge is -2.10. The van der Waals surface area contributed by atoms with Crippen LogP contribution in [0.1, 0.15) is 0 Å². The zero-order valence-electron chi connectivity index (χ0n) is 14.2. The van der Waals surface area contributed by atoms with Crippen molar-refractivity contribution in [1.82, 2.24) is 9.55 Å². The lowest BCUT2D eigenvalue weighted by atomic mass is 10.2. The Kier molecular flexibility index (Phi) is 5.21. The topological polar surface area (TPSA) is 93.2 Å². The van der Waals surface area contributed by atoms with Crippen molar-refractivity contribution in [1.29, 1.82) is 0 Å². The first-order valence-electron chi connectivity index (χ1n) is 8.04. The van der Waals surface area contributed by atoms with Gasteiger partial charge in [0.2, 0.25) is 5.91 Å². The van der Waals surface area contributed by atoms with E-state index in [1.165, 1.54) is 30.3 Å². The fourth-order valence-corrected chi connectivity index (χ4v) is 2.49. The largest absolute Gasteiger partial charge is 0.484 e. The molecular formula is C18H14F3N3O4. The number of para-hydroxylation sites is 1. The summed E-state index contributed by atoms with van der Waals surface area (Å²) < 4.78 is 41.7. The number of aromatic amines is 1. The number of fused-ring (bicyclic) bond motifs is 1. The van der Waals surface area contributed by atoms with Gasteiger partial charge in [-0.25, -0.2) is 4.79 Å². The molecule has 28 heavy (non-hydrogen) atoms. The molecule has 10 heteroatoms. The summed E-state index contributed by atoms with van der Waals surface area (Å²) in [7, 11) is 0. The molecule has 0 aliphatic carbocycles. The van der Waals surface area contributed by atoms with Gasteiger partial charge in [-0.1, -0.05) is 12.1 Å². The van der Waals surface area contributed by atoms with E-state index in [-0.39, 0.29) is 16.8 Å². The highest BCUT2D eigenvalue weighted by Gasteiger charge is 2.28. The molecule has 2 aromatic carbocycles. The van der Waals surface area contributed by atoms with Crippen LogP contribution in [0, 0.1) is 0 Å². The Morgan fingerprint density at radius 2 is 1.75 bits per heavy atom. The van der Waals surface area contributed by atoms with Gasteiger partial charge in [0.05, 0.1) is 10.9 Å². The summed E-state index contributed by atoms with van der Waals surface area (Å²) in [4.78, 5) is 39.1. The number of ether oxygens (including phenoxy) is 1. The van der Waals surface area contributed by atoms with Gasteiger partial charge in [-0.15, -0.1) is 0 Å². The van der Waals surface area contributed by atoms with Crippen LogP contribution in [0.5, 0.6) is 5.75 Å². The van der Waals surface area contributed by atoms with Gasteiger partial charge in [-0.2, -0.15) is 13.2 Å². The van der Waals surface area contributed by atoms with Crippen molar-refractivity contribution in [3.05, 3.63) is 69.4 Å². The van der Waals surface area contributed by atoms with Crippen LogP contribution < -0.4 is 21.3 Å². The molecule has 3 rings (SSSR count). The third-order valence-corrected chi connectivity index (χ3v) is 3.73. The van der Waals surface area contributed by atoms with Crippen molar-refractivity contribution in [3.8, 4) is 5.75 Å². The van der Waals surface area contributed by atoms with E-state index in [0.717, 1.165) is 4.57 Å². The van der Waals surface area contributed by atoms with Crippen molar-refractivity contribution in [2.24, 2.45) is 0 Å². The number of nitrogens with zero attached hydrogens (tertiary/aromatic N) is 1. The van der Waals surface area contributed by atoms with Crippen LogP contribution in [0.2, 0.25) is 0 Å². The minimum absolute atomic E-state index is 0.0162. The predicted molar refractivity (Wildman–Crippen MR) is 95.5 cm³/mol. The normalized spacial score (nSPS) is 11.4. The fourth-order valence-electron chi connectivity index (χ4n) is 2.49. The van der Waals surface area contributed by atoms with Crippen LogP contribution >= 0.6 is 0 Å². The average molecular weight is 393 g/mol. The Labute approximate surface area is 155 Å². The Hall–Kier alpha value is -3.56. The Bertz CT molecular complexity index is 1120. The van der Waals surface area contributed by atoms with E-state index in [0.29, 0.717) is 5.52 Å². The highest BCUT2D eigenvalue weighted by Crippen LogP contribution is 2.20. The molecule has 0 fully saturated rings. The summed E-state index contributed by atoms with van der Waals surface area (Å²) >= 11 is 0. The SMILES string of the molecule is O=C(Cn1c(=O)[nH]c2ccccc2c1=O)Nc1ccc(OCC(F)(F)F)cc1. The fraction of sp³-hybridized carbons (Fsp3) is 0.167. The molecule has 0 aliphatic heterocycles. The first kappa shape index (κ1) is 19.2. The zero-order valence-corrected chi connectivity index (χ0v) is 14.2. The molecule has 0 aliphatic rings. The monoisotopic (exact) mass is 393 g/mol. The minimum atomic E-state index is -4.45. The number of aromatic nitrogens is 2. The van der Waals surface area contributed by atoms with Gasteiger partial charge >= 0.3 is 11.9 Å². The highest BCUT2D eigenvalue weighted by atomic mass is 19.4. The van der Waals surface area contributed by atoms with Gasteiger partial charge < -0.3 is 15.0 Å². The molecule has 0 atom stereocenters. The van der Waals surface area contributed by atoms with E-state index in [1.54, 1.807) is 18.2 Å². The first-order valence-corrected chi connectivity index (χ1v) is 8.04. The van der Waals surface area contributed by atoms with Crippen LogP contribution in [0.4, 0.5) is 18.9 Å². The Morgan fingerprint density at radius 3 is 2.43 bits per heavy atom. The summed E-state index contributed by atoms with van der Waals surface area (Å²) in [6, 6.07) is 11.6. The van der Waals surface area contributed by atoms with E-state index in [1.807, 2.05) is 0 Å². The number of carbonyl (C=O) groups excluding carboxylic acids is 1. The molecule has 0 spiro atoms. The zero-order chi connectivity index (χ0) is 20.3. The second-order valence-corrected chi connectivity index (χ2v) is 5.84. The summed E-state index contributed by atoms with van der Waals surface area (Å²) in [6.07, 6.45) is -4.45. The number of amides is 1. The molecule has 0 saturated heterocycles. The van der Waals surface area contributed by atoms with E-state index in [4.69, 9.17) is 0 Å². The molecular weight excluding hydrogens is 379 g/mol. The number of halogens is 3. The molecule has 0 bridgehead atoms. The van der Waals surface area contributed by atoms with E-state index >= 15 is 0 Å². The van der Waals surface area contributed by atoms with Gasteiger partial charge in [0.1, 0.15) is 12.3 Å². The second-order valence-electron chi connectivity index (χ2n) is 5.84. The number of benzene rings is 2. The number of H-pyrrole nitrogens is 1. The van der Waals surface area contributed by atoms with Crippen molar-refractivity contribution < 1.29 is 22.7 Å². The second kappa shape index (κ2) is 7.59. The molecule has 0 radical (unpaired) electrons. The smallest absolute Gasteiger partial charge is 0.422 e. The number of anilines is 1. The number of carbonyl (C=O) groups is 1. The van der Waals surface area contributed by atoms with Crippen LogP contribution in [0.3, 0.4) is 0 Å². The molecule has 146 valence electrons. The highest BCUT2D eigenvalue weighted by molar-refractivity contribution is 5.90. The summed E-state index contributed by atoms with van der Waals surface area (Å²) in [6.45, 7) is -1.95. The number of hydrogen-bond acceptors (Lipinski definition) is 4. The maximum absolute atomic E-state index is 12.4. The van der Waals surface area contributed by atoms with Crippen LogP contribution in [0.25, 0.3) is 10.9 Å². The van der Waals surface area contributed by atoms with Gasteiger partial charge in [0.15, 0.2) is 6.61 Å². The average Bonchev–Trinajstić information content (AvgIpc) is 2.64. The quantitative estimate of drug-likeness (QED) is 0.696. The number of alkyl halides is 3. The van der Waals surface area contributed by atoms with Gasteiger partial charge in [0, 0.05) is 5.69 Å². The van der Waals surface area contributed by atoms with Crippen LogP contribution in [-0.4, -0.2) is 28.2 Å². The van der Waals surface area contributed by atoms with Crippen molar-refractivity contribution in [2.75, 3.05) is 11.9 Å². The molecule has 1 amide bonds. The standard InChI is InChI=1S/C18H14F3N3O4/c19-18(20,21)10-28-12-7-5-11(6-8-12)22-15(25)9-24-16(26)13-3-1-2-4-14(13)23-17(24)27/h1-8H,9-10H2,(H,22,25)(H,23,27). The van der Waals surface area contributed by atoms with E-state index < -0.39 is 36.5 Å². The summed E-state index contributed by atoms with van der Waals surface area (Å²) in [5.74, 6) is -0.663. The number of hydrogen-bond donors (Lipinski definition) is 2. The lowest BCUT2D eigenvalue weighted by Crippen LogP contribution is -2.38. The Morgan fingerprint density at radius 1 is 1.07 bits per heavy atom. The predicted octanol–water partition coefficient (Wildman–Crippen LogP) is 2.27. The van der Waals surface area contributed by atoms with Crippen molar-refractivity contribution in [2.45, 2.75) is 12.7 Å². The van der Waals surface area contributed by atoms with Crippen LogP contribution in [0.15, 0.2) is 58.1 Å². The third-order valence-electron chi connectivity index (χ3n) is 3.73.